The van der Waals surface area contributed by atoms with Gasteiger partial charge in [-0.25, -0.2) is 4.79 Å². The van der Waals surface area contributed by atoms with Crippen molar-refractivity contribution in [3.63, 3.8) is 0 Å². The van der Waals surface area contributed by atoms with Crippen molar-refractivity contribution in [3.8, 4) is 0 Å². The molecular formula is C15H18ClNO3. The highest BCUT2D eigenvalue weighted by Crippen LogP contribution is 2.39. The van der Waals surface area contributed by atoms with Crippen LogP contribution in [0.4, 0.5) is 5.69 Å². The standard InChI is InChI=1S/C15H18ClNO3/c1-2-19-14(18)12-9-11(3-4-13(12)16)17-7-5-15(6-8-17)10-20-15/h3-4,9H,2,5-8,10H2,1H3. The second kappa shape index (κ2) is 5.26. The summed E-state index contributed by atoms with van der Waals surface area (Å²) < 4.78 is 10.5. The fraction of sp³-hybridized carbons (Fsp3) is 0.533. The van der Waals surface area contributed by atoms with Crippen LogP contribution >= 0.6 is 11.6 Å². The Labute approximate surface area is 123 Å². The van der Waals surface area contributed by atoms with Gasteiger partial charge in [0.1, 0.15) is 0 Å². The molecule has 0 unspecified atom stereocenters. The number of hydrogen-bond acceptors (Lipinski definition) is 4. The molecule has 2 aliphatic heterocycles. The summed E-state index contributed by atoms with van der Waals surface area (Å²) in [6.45, 7) is 4.93. The third-order valence-electron chi connectivity index (χ3n) is 4.04. The molecule has 5 heteroatoms. The monoisotopic (exact) mass is 295 g/mol. The molecule has 0 bridgehead atoms. The van der Waals surface area contributed by atoms with E-state index in [-0.39, 0.29) is 11.6 Å². The third-order valence-corrected chi connectivity index (χ3v) is 4.37. The Balaban J connectivity index is 1.76. The predicted octanol–water partition coefficient (Wildman–Crippen LogP) is 2.89. The van der Waals surface area contributed by atoms with Crippen molar-refractivity contribution >= 4 is 23.3 Å². The van der Waals surface area contributed by atoms with Crippen LogP contribution in [-0.2, 0) is 9.47 Å². The quantitative estimate of drug-likeness (QED) is 0.635. The lowest BCUT2D eigenvalue weighted by Crippen LogP contribution is -2.37. The smallest absolute Gasteiger partial charge is 0.339 e. The summed E-state index contributed by atoms with van der Waals surface area (Å²) in [6, 6.07) is 5.55. The number of ether oxygens (including phenoxy) is 2. The Bertz CT molecular complexity index is 518. The summed E-state index contributed by atoms with van der Waals surface area (Å²) in [5.41, 5.74) is 1.62. The molecule has 1 aromatic carbocycles. The molecule has 0 N–H and O–H groups in total. The Morgan fingerprint density at radius 2 is 2.15 bits per heavy atom. The van der Waals surface area contributed by atoms with Gasteiger partial charge in [-0.2, -0.15) is 0 Å². The number of anilines is 1. The molecule has 2 aliphatic rings. The largest absolute Gasteiger partial charge is 0.462 e. The van der Waals surface area contributed by atoms with Crippen molar-refractivity contribution in [1.82, 2.24) is 0 Å². The number of benzene rings is 1. The van der Waals surface area contributed by atoms with Gasteiger partial charge in [0.2, 0.25) is 0 Å². The molecule has 2 heterocycles. The van der Waals surface area contributed by atoms with Gasteiger partial charge in [0.05, 0.1) is 29.4 Å². The fourth-order valence-corrected chi connectivity index (χ4v) is 2.83. The van der Waals surface area contributed by atoms with Crippen molar-refractivity contribution in [3.05, 3.63) is 28.8 Å². The molecule has 4 nitrogen and oxygen atoms in total. The van der Waals surface area contributed by atoms with Crippen molar-refractivity contribution in [2.45, 2.75) is 25.4 Å². The first kappa shape index (κ1) is 13.7. The van der Waals surface area contributed by atoms with Gasteiger partial charge in [-0.05, 0) is 38.0 Å². The fourth-order valence-electron chi connectivity index (χ4n) is 2.64. The molecule has 0 radical (unpaired) electrons. The van der Waals surface area contributed by atoms with Crippen LogP contribution in [-0.4, -0.2) is 37.9 Å². The summed E-state index contributed by atoms with van der Waals surface area (Å²) in [7, 11) is 0. The zero-order chi connectivity index (χ0) is 14.2. The van der Waals surface area contributed by atoms with E-state index < -0.39 is 0 Å². The molecule has 1 aromatic rings. The molecular weight excluding hydrogens is 278 g/mol. The van der Waals surface area contributed by atoms with E-state index in [1.807, 2.05) is 12.1 Å². The first-order valence-electron chi connectivity index (χ1n) is 6.99. The number of halogens is 1. The maximum absolute atomic E-state index is 11.9. The van der Waals surface area contributed by atoms with E-state index in [0.29, 0.717) is 17.2 Å². The number of piperidine rings is 1. The van der Waals surface area contributed by atoms with E-state index in [4.69, 9.17) is 21.1 Å². The maximum atomic E-state index is 11.9. The molecule has 0 atom stereocenters. The van der Waals surface area contributed by atoms with E-state index in [0.717, 1.165) is 38.2 Å². The summed E-state index contributed by atoms with van der Waals surface area (Å²) in [5, 5.41) is 0.436. The molecule has 20 heavy (non-hydrogen) atoms. The Morgan fingerprint density at radius 1 is 1.45 bits per heavy atom. The highest BCUT2D eigenvalue weighted by Gasteiger charge is 2.46. The predicted molar refractivity (Wildman–Crippen MR) is 77.5 cm³/mol. The van der Waals surface area contributed by atoms with E-state index >= 15 is 0 Å². The van der Waals surface area contributed by atoms with Crippen LogP contribution < -0.4 is 4.90 Å². The van der Waals surface area contributed by atoms with E-state index in [9.17, 15) is 4.79 Å². The molecule has 108 valence electrons. The van der Waals surface area contributed by atoms with Gasteiger partial charge in [0.25, 0.3) is 0 Å². The van der Waals surface area contributed by atoms with Gasteiger partial charge in [0, 0.05) is 18.8 Å². The topological polar surface area (TPSA) is 42.1 Å². The average Bonchev–Trinajstić information content (AvgIpc) is 3.20. The lowest BCUT2D eigenvalue weighted by Gasteiger charge is -2.32. The first-order valence-corrected chi connectivity index (χ1v) is 7.37. The van der Waals surface area contributed by atoms with Crippen molar-refractivity contribution in [1.29, 1.82) is 0 Å². The minimum Gasteiger partial charge on any atom is -0.462 e. The number of hydrogen-bond donors (Lipinski definition) is 0. The summed E-state index contributed by atoms with van der Waals surface area (Å²) >= 11 is 6.08. The van der Waals surface area contributed by atoms with Crippen LogP contribution in [0.5, 0.6) is 0 Å². The van der Waals surface area contributed by atoms with Gasteiger partial charge in [0.15, 0.2) is 0 Å². The Hall–Kier alpha value is -1.26. The van der Waals surface area contributed by atoms with Gasteiger partial charge < -0.3 is 14.4 Å². The number of epoxide rings is 1. The highest BCUT2D eigenvalue weighted by molar-refractivity contribution is 6.33. The van der Waals surface area contributed by atoms with Crippen LogP contribution in [0.3, 0.4) is 0 Å². The second-order valence-electron chi connectivity index (χ2n) is 5.34. The highest BCUT2D eigenvalue weighted by atomic mass is 35.5. The molecule has 2 fully saturated rings. The van der Waals surface area contributed by atoms with Crippen LogP contribution in [0.2, 0.25) is 5.02 Å². The van der Waals surface area contributed by atoms with Crippen LogP contribution in [0, 0.1) is 0 Å². The molecule has 1 spiro atoms. The Morgan fingerprint density at radius 3 is 2.75 bits per heavy atom. The van der Waals surface area contributed by atoms with Crippen LogP contribution in [0.1, 0.15) is 30.1 Å². The molecule has 2 saturated heterocycles. The minimum absolute atomic E-state index is 0.160. The van der Waals surface area contributed by atoms with Crippen molar-refractivity contribution < 1.29 is 14.3 Å². The summed E-state index contributed by atoms with van der Waals surface area (Å²) in [4.78, 5) is 14.1. The number of nitrogens with zero attached hydrogens (tertiary/aromatic N) is 1. The number of rotatable bonds is 3. The number of carbonyl (C=O) groups excluding carboxylic acids is 1. The number of carbonyl (C=O) groups is 1. The van der Waals surface area contributed by atoms with Gasteiger partial charge in [-0.15, -0.1) is 0 Å². The normalized spacial score (nSPS) is 20.0. The third kappa shape index (κ3) is 2.63. The molecule has 0 amide bonds. The molecule has 0 saturated carbocycles. The van der Waals surface area contributed by atoms with Gasteiger partial charge in [-0.3, -0.25) is 0 Å². The van der Waals surface area contributed by atoms with E-state index in [1.54, 1.807) is 13.0 Å². The zero-order valence-corrected chi connectivity index (χ0v) is 12.3. The second-order valence-corrected chi connectivity index (χ2v) is 5.75. The molecule has 0 aromatic heterocycles. The summed E-state index contributed by atoms with van der Waals surface area (Å²) in [6.07, 6.45) is 2.09. The Kier molecular flexibility index (Phi) is 3.61. The average molecular weight is 296 g/mol. The lowest BCUT2D eigenvalue weighted by molar-refractivity contribution is 0.0526. The maximum Gasteiger partial charge on any atom is 0.339 e. The van der Waals surface area contributed by atoms with Gasteiger partial charge >= 0.3 is 5.97 Å². The van der Waals surface area contributed by atoms with Crippen molar-refractivity contribution in [2.75, 3.05) is 31.2 Å². The molecule has 0 aliphatic carbocycles. The first-order chi connectivity index (χ1) is 9.63. The van der Waals surface area contributed by atoms with E-state index in [2.05, 4.69) is 4.90 Å². The SMILES string of the molecule is CCOC(=O)c1cc(N2CCC3(CC2)CO3)ccc1Cl. The zero-order valence-electron chi connectivity index (χ0n) is 11.5. The summed E-state index contributed by atoms with van der Waals surface area (Å²) in [5.74, 6) is -0.363. The molecule has 3 rings (SSSR count). The minimum atomic E-state index is -0.363. The van der Waals surface area contributed by atoms with Gasteiger partial charge in [-0.1, -0.05) is 11.6 Å². The van der Waals surface area contributed by atoms with Crippen LogP contribution in [0.25, 0.3) is 0 Å². The van der Waals surface area contributed by atoms with Crippen molar-refractivity contribution in [2.24, 2.45) is 0 Å². The lowest BCUT2D eigenvalue weighted by atomic mass is 9.97. The van der Waals surface area contributed by atoms with Crippen LogP contribution in [0.15, 0.2) is 18.2 Å². The number of esters is 1. The van der Waals surface area contributed by atoms with E-state index in [1.165, 1.54) is 0 Å².